The van der Waals surface area contributed by atoms with Crippen molar-refractivity contribution in [1.29, 1.82) is 0 Å². The number of carbonyl (C=O) groups excluding carboxylic acids is 3. The summed E-state index contributed by atoms with van der Waals surface area (Å²) in [4.78, 5) is 35.8. The number of benzene rings is 1. The molecule has 3 rings (SSSR count). The molecule has 11 nitrogen and oxygen atoms in total. The molecule has 34 heavy (non-hydrogen) atoms. The predicted molar refractivity (Wildman–Crippen MR) is 115 cm³/mol. The molecule has 0 bridgehead atoms. The summed E-state index contributed by atoms with van der Waals surface area (Å²) in [6.45, 7) is 0.651. The molecule has 6 atom stereocenters. The maximum atomic E-state index is 12.9. The summed E-state index contributed by atoms with van der Waals surface area (Å²) in [6.07, 6.45) is -2.07. The normalized spacial score (nSPS) is 29.1. The lowest BCUT2D eigenvalue weighted by Crippen LogP contribution is -2.60. The van der Waals surface area contributed by atoms with Gasteiger partial charge >= 0.3 is 5.97 Å². The van der Waals surface area contributed by atoms with Crippen LogP contribution in [0.5, 0.6) is 11.5 Å². The van der Waals surface area contributed by atoms with Crippen molar-refractivity contribution in [3.05, 3.63) is 47.1 Å². The third-order valence-electron chi connectivity index (χ3n) is 5.52. The van der Waals surface area contributed by atoms with E-state index < -0.39 is 49.4 Å². The number of carbonyl (C=O) groups is 3. The second-order valence-corrected chi connectivity index (χ2v) is 7.73. The molecule has 4 N–H and O–H groups in total. The van der Waals surface area contributed by atoms with E-state index in [4.69, 9.17) is 18.9 Å². The van der Waals surface area contributed by atoms with E-state index >= 15 is 0 Å². The Kier molecular flexibility index (Phi) is 8.18. The van der Waals surface area contributed by atoms with Crippen molar-refractivity contribution in [3.63, 3.8) is 0 Å². The second-order valence-electron chi connectivity index (χ2n) is 7.73. The van der Waals surface area contributed by atoms with E-state index in [-0.39, 0.29) is 40.4 Å². The minimum atomic E-state index is -1.72. The van der Waals surface area contributed by atoms with Gasteiger partial charge in [0.1, 0.15) is 53.9 Å². The van der Waals surface area contributed by atoms with Gasteiger partial charge in [-0.25, -0.2) is 4.79 Å². The van der Waals surface area contributed by atoms with Gasteiger partial charge in [-0.1, -0.05) is 12.2 Å². The highest BCUT2D eigenvalue weighted by atomic mass is 16.7. The van der Waals surface area contributed by atoms with E-state index in [2.05, 4.69) is 0 Å². The quantitative estimate of drug-likeness (QED) is 0.125. The number of hydrogen-bond donors (Lipinski definition) is 4. The third-order valence-corrected chi connectivity index (χ3v) is 5.52. The fourth-order valence-corrected chi connectivity index (χ4v) is 3.89. The van der Waals surface area contributed by atoms with Crippen molar-refractivity contribution in [2.45, 2.75) is 50.2 Å². The van der Waals surface area contributed by atoms with Crippen LogP contribution in [0, 0.1) is 0 Å². The van der Waals surface area contributed by atoms with Crippen LogP contribution in [0.3, 0.4) is 0 Å². The number of Topliss-reactive ketones (excluding diaryl/α,β-unsaturated/α-hetero) is 1. The molecular formula is C23H26O11. The first-order valence-electron chi connectivity index (χ1n) is 10.4. The number of cyclic esters (lactones) is 1. The van der Waals surface area contributed by atoms with Crippen LogP contribution in [0.4, 0.5) is 0 Å². The van der Waals surface area contributed by atoms with Gasteiger partial charge in [-0.05, 0) is 24.6 Å². The predicted octanol–water partition coefficient (Wildman–Crippen LogP) is -0.531. The molecule has 1 saturated heterocycles. The Morgan fingerprint density at radius 3 is 2.50 bits per heavy atom. The van der Waals surface area contributed by atoms with Crippen LogP contribution in [-0.4, -0.2) is 89.0 Å². The summed E-state index contributed by atoms with van der Waals surface area (Å²) < 4.78 is 21.8. The van der Waals surface area contributed by atoms with E-state index in [1.54, 1.807) is 6.08 Å². The van der Waals surface area contributed by atoms with Gasteiger partial charge in [0.25, 0.3) is 0 Å². The van der Waals surface area contributed by atoms with E-state index in [0.29, 0.717) is 6.29 Å². The zero-order chi connectivity index (χ0) is 25.0. The first-order chi connectivity index (χ1) is 16.2. The molecule has 1 aromatic carbocycles. The molecule has 0 aromatic heterocycles. The van der Waals surface area contributed by atoms with Gasteiger partial charge in [0.05, 0.1) is 19.3 Å². The van der Waals surface area contributed by atoms with Crippen molar-refractivity contribution in [3.8, 4) is 11.5 Å². The van der Waals surface area contributed by atoms with Crippen molar-refractivity contribution in [1.82, 2.24) is 0 Å². The molecule has 11 heteroatoms. The van der Waals surface area contributed by atoms with Gasteiger partial charge in [-0.2, -0.15) is 0 Å². The first kappa shape index (κ1) is 25.5. The standard InChI is InChI=1S/C23H26O11/c1-11(26)17-13-8-12(6-4-3-5-7-24)32-22(30)18(13)15(9-14(17)31-2)33-23-21(29)20(28)19(27)16(10-25)34-23/h3-7,9,12,16,19-21,23,25,27-29H,8,10H2,1-2H3. The molecule has 0 aliphatic carbocycles. The summed E-state index contributed by atoms with van der Waals surface area (Å²) in [5, 5.41) is 39.7. The molecule has 0 saturated carbocycles. The number of aliphatic hydroxyl groups is 4. The number of allylic oxidation sites excluding steroid dienone is 3. The second kappa shape index (κ2) is 10.9. The van der Waals surface area contributed by atoms with Crippen LogP contribution in [0.25, 0.3) is 0 Å². The minimum Gasteiger partial charge on any atom is -0.496 e. The highest BCUT2D eigenvalue weighted by Gasteiger charge is 2.45. The molecule has 1 fully saturated rings. The van der Waals surface area contributed by atoms with Crippen LogP contribution in [0.15, 0.2) is 30.4 Å². The number of hydrogen-bond acceptors (Lipinski definition) is 11. The number of rotatable bonds is 8. The van der Waals surface area contributed by atoms with Gasteiger partial charge in [-0.15, -0.1) is 0 Å². The zero-order valence-electron chi connectivity index (χ0n) is 18.5. The monoisotopic (exact) mass is 478 g/mol. The van der Waals surface area contributed by atoms with Crippen LogP contribution < -0.4 is 9.47 Å². The summed E-state index contributed by atoms with van der Waals surface area (Å²) in [5.74, 6) is -1.23. The summed E-state index contributed by atoms with van der Waals surface area (Å²) in [6, 6.07) is 1.27. The van der Waals surface area contributed by atoms with Gasteiger partial charge < -0.3 is 39.4 Å². The molecule has 1 aromatic rings. The molecule has 0 spiro atoms. The van der Waals surface area contributed by atoms with Crippen LogP contribution in [0.2, 0.25) is 0 Å². The average Bonchev–Trinajstić information content (AvgIpc) is 2.81. The molecule has 2 heterocycles. The van der Waals surface area contributed by atoms with Gasteiger partial charge in [0.2, 0.25) is 6.29 Å². The first-order valence-corrected chi connectivity index (χ1v) is 10.4. The van der Waals surface area contributed by atoms with Crippen molar-refractivity contribution >= 4 is 18.0 Å². The number of methoxy groups -OCH3 is 1. The van der Waals surface area contributed by atoms with Crippen LogP contribution in [0.1, 0.15) is 33.2 Å². The van der Waals surface area contributed by atoms with E-state index in [9.17, 15) is 34.8 Å². The number of fused-ring (bicyclic) bond motifs is 1. The molecule has 0 amide bonds. The number of esters is 1. The minimum absolute atomic E-state index is 0.0870. The maximum Gasteiger partial charge on any atom is 0.342 e. The number of ether oxygens (including phenoxy) is 4. The fraction of sp³-hybridized carbons (Fsp3) is 0.435. The van der Waals surface area contributed by atoms with E-state index in [1.807, 2.05) is 0 Å². The molecule has 0 radical (unpaired) electrons. The summed E-state index contributed by atoms with van der Waals surface area (Å²) >= 11 is 0. The van der Waals surface area contributed by atoms with Crippen molar-refractivity contribution < 1.29 is 53.8 Å². The number of ketones is 1. The number of aldehydes is 1. The number of aliphatic hydroxyl groups excluding tert-OH is 4. The summed E-state index contributed by atoms with van der Waals surface area (Å²) in [5.41, 5.74) is 0.352. The topological polar surface area (TPSA) is 169 Å². The van der Waals surface area contributed by atoms with Crippen LogP contribution >= 0.6 is 0 Å². The molecular weight excluding hydrogens is 452 g/mol. The highest BCUT2D eigenvalue weighted by Crippen LogP contribution is 2.39. The Balaban J connectivity index is 2.04. The lowest BCUT2D eigenvalue weighted by atomic mass is 9.90. The Bertz CT molecular complexity index is 997. The zero-order valence-corrected chi connectivity index (χ0v) is 18.5. The summed E-state index contributed by atoms with van der Waals surface area (Å²) in [7, 11) is 1.33. The molecule has 2 aliphatic heterocycles. The van der Waals surface area contributed by atoms with Crippen molar-refractivity contribution in [2.75, 3.05) is 13.7 Å². The Hall–Kier alpha value is -3.09. The van der Waals surface area contributed by atoms with Gasteiger partial charge in [-0.3, -0.25) is 9.59 Å². The molecule has 184 valence electrons. The fourth-order valence-electron chi connectivity index (χ4n) is 3.89. The lowest BCUT2D eigenvalue weighted by molar-refractivity contribution is -0.277. The average molecular weight is 478 g/mol. The third kappa shape index (κ3) is 5.03. The smallest absolute Gasteiger partial charge is 0.342 e. The van der Waals surface area contributed by atoms with E-state index in [1.165, 1.54) is 38.3 Å². The van der Waals surface area contributed by atoms with Gasteiger partial charge in [0.15, 0.2) is 5.78 Å². The Morgan fingerprint density at radius 1 is 1.15 bits per heavy atom. The SMILES string of the molecule is COc1cc(OC2OC(CO)C(O)C(O)C2O)c2c(c1C(C)=O)CC(C=CC=CC=O)OC2=O. The lowest BCUT2D eigenvalue weighted by Gasteiger charge is -2.40. The largest absolute Gasteiger partial charge is 0.496 e. The Morgan fingerprint density at radius 2 is 1.88 bits per heavy atom. The maximum absolute atomic E-state index is 12.9. The Labute approximate surface area is 194 Å². The molecule has 6 unspecified atom stereocenters. The highest BCUT2D eigenvalue weighted by molar-refractivity contribution is 6.05. The van der Waals surface area contributed by atoms with E-state index in [0.717, 1.165) is 0 Å². The van der Waals surface area contributed by atoms with Crippen molar-refractivity contribution in [2.24, 2.45) is 0 Å². The van der Waals surface area contributed by atoms with Crippen LogP contribution in [-0.2, 0) is 20.7 Å². The van der Waals surface area contributed by atoms with Gasteiger partial charge in [0, 0.05) is 12.5 Å². The molecule has 2 aliphatic rings.